The molecule has 92 valence electrons. The molecule has 0 bridgehead atoms. The Morgan fingerprint density at radius 1 is 1.22 bits per heavy atom. The van der Waals surface area contributed by atoms with E-state index in [1.807, 2.05) is 54.8 Å². The first-order valence-electron chi connectivity index (χ1n) is 5.78. The zero-order valence-corrected chi connectivity index (χ0v) is 10.7. The average molecular weight is 241 g/mol. The van der Waals surface area contributed by atoms with Gasteiger partial charge in [-0.25, -0.2) is 4.98 Å². The highest BCUT2D eigenvalue weighted by Crippen LogP contribution is 2.26. The second-order valence-corrected chi connectivity index (χ2v) is 4.59. The number of nitrogens with zero attached hydrogens (tertiary/aromatic N) is 4. The summed E-state index contributed by atoms with van der Waals surface area (Å²) in [5.74, 6) is 0. The van der Waals surface area contributed by atoms with Gasteiger partial charge in [0, 0.05) is 43.1 Å². The molecule has 0 fully saturated rings. The average Bonchev–Trinajstić information content (AvgIpc) is 2.81. The van der Waals surface area contributed by atoms with Crippen LogP contribution in [-0.4, -0.2) is 19.3 Å². The van der Waals surface area contributed by atoms with E-state index >= 15 is 0 Å². The Bertz CT molecular complexity index is 716. The molecule has 0 aliphatic carbocycles. The number of nitrogens with two attached hydrogens (primary N) is 1. The van der Waals surface area contributed by atoms with Crippen LogP contribution in [0.3, 0.4) is 0 Å². The van der Waals surface area contributed by atoms with Crippen LogP contribution in [-0.2, 0) is 14.1 Å². The van der Waals surface area contributed by atoms with Gasteiger partial charge in [-0.2, -0.15) is 5.10 Å². The van der Waals surface area contributed by atoms with E-state index in [9.17, 15) is 0 Å². The van der Waals surface area contributed by atoms with E-state index in [1.165, 1.54) is 0 Å². The summed E-state index contributed by atoms with van der Waals surface area (Å²) in [4.78, 5) is 4.45. The number of pyridine rings is 1. The number of rotatable bonds is 1. The normalized spacial score (nSPS) is 11.3. The molecule has 0 aliphatic heterocycles. The van der Waals surface area contributed by atoms with E-state index in [1.54, 1.807) is 0 Å². The molecule has 0 aromatic carbocycles. The molecule has 5 heteroatoms. The van der Waals surface area contributed by atoms with Crippen LogP contribution in [0.5, 0.6) is 0 Å². The zero-order valence-electron chi connectivity index (χ0n) is 10.7. The van der Waals surface area contributed by atoms with Gasteiger partial charge < -0.3 is 10.3 Å². The lowest BCUT2D eigenvalue weighted by Crippen LogP contribution is -1.92. The summed E-state index contributed by atoms with van der Waals surface area (Å²) in [6.07, 6.45) is 3.72. The van der Waals surface area contributed by atoms with Crippen LogP contribution >= 0.6 is 0 Å². The van der Waals surface area contributed by atoms with Gasteiger partial charge in [0.25, 0.3) is 0 Å². The van der Waals surface area contributed by atoms with Gasteiger partial charge in [-0.05, 0) is 19.1 Å². The third-order valence-electron chi connectivity index (χ3n) is 3.25. The Hall–Kier alpha value is -2.30. The number of nitrogen functional groups attached to an aromatic ring is 1. The van der Waals surface area contributed by atoms with Gasteiger partial charge in [-0.1, -0.05) is 0 Å². The van der Waals surface area contributed by atoms with Crippen molar-refractivity contribution < 1.29 is 0 Å². The molecular weight excluding hydrogens is 226 g/mol. The predicted molar refractivity (Wildman–Crippen MR) is 72.1 cm³/mol. The van der Waals surface area contributed by atoms with E-state index in [0.29, 0.717) is 0 Å². The number of aryl methyl sites for hydroxylation is 3. The van der Waals surface area contributed by atoms with Crippen LogP contribution < -0.4 is 5.73 Å². The number of anilines is 1. The van der Waals surface area contributed by atoms with Crippen molar-refractivity contribution in [1.29, 1.82) is 0 Å². The SMILES string of the molecule is Cc1cc(-c2cnc3c(c2)c(N)cn3C)nn1C. The van der Waals surface area contributed by atoms with Crippen molar-refractivity contribution in [3.63, 3.8) is 0 Å². The number of hydrogen-bond donors (Lipinski definition) is 1. The topological polar surface area (TPSA) is 61.7 Å². The molecule has 0 unspecified atom stereocenters. The standard InChI is InChI=1S/C13H15N5/c1-8-4-12(16-18(8)3)9-5-10-11(14)7-17(2)13(10)15-6-9/h4-7H,14H2,1-3H3. The molecule has 5 nitrogen and oxygen atoms in total. The third kappa shape index (κ3) is 1.48. The molecule has 3 aromatic rings. The molecule has 3 heterocycles. The molecule has 3 rings (SSSR count). The van der Waals surface area contributed by atoms with Crippen molar-refractivity contribution in [2.45, 2.75) is 6.92 Å². The maximum atomic E-state index is 5.97. The molecule has 0 spiro atoms. The number of aromatic nitrogens is 4. The van der Waals surface area contributed by atoms with E-state index in [2.05, 4.69) is 10.1 Å². The van der Waals surface area contributed by atoms with Crippen LogP contribution in [0.2, 0.25) is 0 Å². The van der Waals surface area contributed by atoms with E-state index in [-0.39, 0.29) is 0 Å². The van der Waals surface area contributed by atoms with Crippen LogP contribution in [0, 0.1) is 6.92 Å². The first kappa shape index (κ1) is 10.8. The minimum absolute atomic E-state index is 0.745. The lowest BCUT2D eigenvalue weighted by Gasteiger charge is -1.98. The van der Waals surface area contributed by atoms with E-state index in [4.69, 9.17) is 5.73 Å². The van der Waals surface area contributed by atoms with Gasteiger partial charge in [0.2, 0.25) is 0 Å². The summed E-state index contributed by atoms with van der Waals surface area (Å²) in [6, 6.07) is 4.08. The van der Waals surface area contributed by atoms with Crippen molar-refractivity contribution in [2.75, 3.05) is 5.73 Å². The predicted octanol–water partition coefficient (Wildman–Crippen LogP) is 1.86. The molecule has 2 N–H and O–H groups in total. The van der Waals surface area contributed by atoms with Gasteiger partial charge in [0.1, 0.15) is 5.65 Å². The molecule has 0 radical (unpaired) electrons. The Morgan fingerprint density at radius 2 is 2.00 bits per heavy atom. The fourth-order valence-corrected chi connectivity index (χ4v) is 2.13. The second-order valence-electron chi connectivity index (χ2n) is 4.59. The second kappa shape index (κ2) is 3.60. The largest absolute Gasteiger partial charge is 0.397 e. The summed E-state index contributed by atoms with van der Waals surface area (Å²) in [5.41, 5.74) is 10.6. The van der Waals surface area contributed by atoms with Crippen LogP contribution in [0.25, 0.3) is 22.3 Å². The summed E-state index contributed by atoms with van der Waals surface area (Å²) < 4.78 is 3.78. The maximum absolute atomic E-state index is 5.97. The molecule has 0 saturated heterocycles. The van der Waals surface area contributed by atoms with E-state index in [0.717, 1.165) is 33.7 Å². The fraction of sp³-hybridized carbons (Fsp3) is 0.231. The quantitative estimate of drug-likeness (QED) is 0.707. The Labute approximate surface area is 105 Å². The first-order valence-corrected chi connectivity index (χ1v) is 5.78. The van der Waals surface area contributed by atoms with E-state index < -0.39 is 0 Å². The minimum atomic E-state index is 0.745. The molecule has 0 aliphatic rings. The molecule has 0 atom stereocenters. The Balaban J connectivity index is 2.21. The summed E-state index contributed by atoms with van der Waals surface area (Å²) in [7, 11) is 3.87. The van der Waals surface area contributed by atoms with Crippen molar-refractivity contribution >= 4 is 16.7 Å². The summed E-state index contributed by atoms with van der Waals surface area (Å²) >= 11 is 0. The van der Waals surface area contributed by atoms with Crippen LogP contribution in [0.15, 0.2) is 24.5 Å². The maximum Gasteiger partial charge on any atom is 0.141 e. The van der Waals surface area contributed by atoms with Gasteiger partial charge in [-0.15, -0.1) is 0 Å². The highest BCUT2D eigenvalue weighted by atomic mass is 15.3. The van der Waals surface area contributed by atoms with Crippen molar-refractivity contribution in [2.24, 2.45) is 14.1 Å². The Kier molecular flexibility index (Phi) is 2.16. The van der Waals surface area contributed by atoms with Crippen molar-refractivity contribution in [1.82, 2.24) is 19.3 Å². The van der Waals surface area contributed by atoms with Gasteiger partial charge in [-0.3, -0.25) is 4.68 Å². The lowest BCUT2D eigenvalue weighted by atomic mass is 10.1. The van der Waals surface area contributed by atoms with Gasteiger partial charge >= 0.3 is 0 Å². The monoisotopic (exact) mass is 241 g/mol. The molecular formula is C13H15N5. The molecule has 3 aromatic heterocycles. The Morgan fingerprint density at radius 3 is 2.67 bits per heavy atom. The first-order chi connectivity index (χ1) is 8.56. The number of hydrogen-bond acceptors (Lipinski definition) is 3. The van der Waals surface area contributed by atoms with Gasteiger partial charge in [0.15, 0.2) is 0 Å². The molecule has 18 heavy (non-hydrogen) atoms. The smallest absolute Gasteiger partial charge is 0.141 e. The number of fused-ring (bicyclic) bond motifs is 1. The summed E-state index contributed by atoms with van der Waals surface area (Å²) in [5, 5.41) is 5.42. The highest BCUT2D eigenvalue weighted by Gasteiger charge is 2.09. The van der Waals surface area contributed by atoms with Crippen LogP contribution in [0.1, 0.15) is 5.69 Å². The van der Waals surface area contributed by atoms with Crippen LogP contribution in [0.4, 0.5) is 5.69 Å². The highest BCUT2D eigenvalue weighted by molar-refractivity contribution is 5.91. The summed E-state index contributed by atoms with van der Waals surface area (Å²) in [6.45, 7) is 2.03. The zero-order chi connectivity index (χ0) is 12.9. The van der Waals surface area contributed by atoms with Crippen molar-refractivity contribution in [3.8, 4) is 11.3 Å². The van der Waals surface area contributed by atoms with Gasteiger partial charge in [0.05, 0.1) is 11.4 Å². The van der Waals surface area contributed by atoms with Crippen molar-refractivity contribution in [3.05, 3.63) is 30.2 Å². The minimum Gasteiger partial charge on any atom is -0.397 e. The third-order valence-corrected chi connectivity index (χ3v) is 3.25. The molecule has 0 saturated carbocycles. The molecule has 0 amide bonds. The lowest BCUT2D eigenvalue weighted by molar-refractivity contribution is 0.742. The fourth-order valence-electron chi connectivity index (χ4n) is 2.13.